The van der Waals surface area contributed by atoms with Gasteiger partial charge < -0.3 is 5.11 Å². The summed E-state index contributed by atoms with van der Waals surface area (Å²) >= 11 is 0. The lowest BCUT2D eigenvalue weighted by Crippen LogP contribution is -2.48. The first-order valence-electron chi connectivity index (χ1n) is 7.07. The number of hydrogen-bond donors (Lipinski definition) is 1. The number of benzene rings is 1. The molecule has 2 aromatic rings. The Hall–Kier alpha value is -2.26. The molecular weight excluding hydrogens is 283 g/mol. The van der Waals surface area contributed by atoms with Crippen molar-refractivity contribution >= 4 is 0 Å². The van der Waals surface area contributed by atoms with Crippen LogP contribution in [0.4, 0.5) is 4.39 Å². The molecule has 0 aliphatic carbocycles. The third-order valence-electron chi connectivity index (χ3n) is 4.07. The number of nitrogens with zero attached hydrogens (tertiary/aromatic N) is 4. The Morgan fingerprint density at radius 3 is 2.55 bits per heavy atom. The molecule has 0 radical (unpaired) electrons. The standard InChI is InChI=1S/C16H19FN4O/c1-15(2,9-18)16(22,10-21-12-19-11-20-21)8-7-13-3-5-14(17)6-4-13/h3-6,11-12,22H,7-8,10H2,1-2H3. The van der Waals surface area contributed by atoms with Gasteiger partial charge in [-0.25, -0.2) is 9.37 Å². The van der Waals surface area contributed by atoms with Crippen molar-refractivity contribution in [1.82, 2.24) is 14.8 Å². The van der Waals surface area contributed by atoms with Crippen LogP contribution in [0.1, 0.15) is 25.8 Å². The van der Waals surface area contributed by atoms with Crippen molar-refractivity contribution in [3.8, 4) is 6.07 Å². The van der Waals surface area contributed by atoms with Gasteiger partial charge in [-0.1, -0.05) is 12.1 Å². The molecule has 0 fully saturated rings. The van der Waals surface area contributed by atoms with Crippen LogP contribution in [0.2, 0.25) is 0 Å². The molecule has 116 valence electrons. The van der Waals surface area contributed by atoms with Gasteiger partial charge in [0.05, 0.1) is 18.0 Å². The first-order chi connectivity index (χ1) is 10.4. The van der Waals surface area contributed by atoms with Gasteiger partial charge in [-0.15, -0.1) is 0 Å². The third kappa shape index (κ3) is 3.49. The van der Waals surface area contributed by atoms with Gasteiger partial charge >= 0.3 is 0 Å². The summed E-state index contributed by atoms with van der Waals surface area (Å²) in [7, 11) is 0. The van der Waals surface area contributed by atoms with Crippen LogP contribution in [-0.4, -0.2) is 25.5 Å². The number of nitriles is 1. The largest absolute Gasteiger partial charge is 0.386 e. The molecule has 1 aromatic carbocycles. The minimum Gasteiger partial charge on any atom is -0.386 e. The number of aryl methyl sites for hydroxylation is 1. The highest BCUT2D eigenvalue weighted by Gasteiger charge is 2.44. The summed E-state index contributed by atoms with van der Waals surface area (Å²) in [5.41, 5.74) is -1.32. The molecule has 0 saturated heterocycles. The van der Waals surface area contributed by atoms with Gasteiger partial charge in [0.1, 0.15) is 24.1 Å². The lowest BCUT2D eigenvalue weighted by Gasteiger charge is -2.38. The maximum Gasteiger partial charge on any atom is 0.137 e. The SMILES string of the molecule is CC(C)(C#N)C(O)(CCc1ccc(F)cc1)Cn1cncn1. The molecule has 1 unspecified atom stereocenters. The average Bonchev–Trinajstić information content (AvgIpc) is 2.99. The maximum atomic E-state index is 12.9. The van der Waals surface area contributed by atoms with Gasteiger partial charge in [0.15, 0.2) is 0 Å². The second-order valence-corrected chi connectivity index (χ2v) is 5.99. The highest BCUT2D eigenvalue weighted by molar-refractivity contribution is 5.17. The summed E-state index contributed by atoms with van der Waals surface area (Å²) in [5.74, 6) is -0.293. The Kier molecular flexibility index (Phi) is 4.57. The Balaban J connectivity index is 2.17. The molecule has 0 aliphatic rings. The van der Waals surface area contributed by atoms with E-state index in [1.807, 2.05) is 0 Å². The van der Waals surface area contributed by atoms with Crippen LogP contribution >= 0.6 is 0 Å². The predicted molar refractivity (Wildman–Crippen MR) is 79.1 cm³/mol. The molecule has 1 N–H and O–H groups in total. The Morgan fingerprint density at radius 2 is 2.00 bits per heavy atom. The van der Waals surface area contributed by atoms with Crippen molar-refractivity contribution in [3.63, 3.8) is 0 Å². The molecule has 2 rings (SSSR count). The maximum absolute atomic E-state index is 12.9. The normalized spacial score (nSPS) is 14.3. The van der Waals surface area contributed by atoms with E-state index in [4.69, 9.17) is 0 Å². The number of halogens is 1. The molecule has 1 aromatic heterocycles. The van der Waals surface area contributed by atoms with Gasteiger partial charge in [0.2, 0.25) is 0 Å². The molecule has 22 heavy (non-hydrogen) atoms. The molecule has 6 heteroatoms. The molecular formula is C16H19FN4O. The van der Waals surface area contributed by atoms with E-state index >= 15 is 0 Å². The van der Waals surface area contributed by atoms with Crippen molar-refractivity contribution in [2.24, 2.45) is 5.41 Å². The second-order valence-electron chi connectivity index (χ2n) is 5.99. The fourth-order valence-electron chi connectivity index (χ4n) is 2.28. The smallest absolute Gasteiger partial charge is 0.137 e. The molecule has 0 spiro atoms. The van der Waals surface area contributed by atoms with Crippen molar-refractivity contribution in [2.45, 2.75) is 38.8 Å². The summed E-state index contributed by atoms with van der Waals surface area (Å²) in [6, 6.07) is 8.32. The van der Waals surface area contributed by atoms with Crippen molar-refractivity contribution in [3.05, 3.63) is 48.3 Å². The summed E-state index contributed by atoms with van der Waals surface area (Å²) in [6.45, 7) is 3.58. The zero-order valence-corrected chi connectivity index (χ0v) is 12.7. The van der Waals surface area contributed by atoms with Gasteiger partial charge in [-0.3, -0.25) is 4.68 Å². The fraction of sp³-hybridized carbons (Fsp3) is 0.438. The van der Waals surface area contributed by atoms with E-state index in [2.05, 4.69) is 16.2 Å². The minimum atomic E-state index is -1.27. The van der Waals surface area contributed by atoms with Gasteiger partial charge in [-0.2, -0.15) is 10.4 Å². The van der Waals surface area contributed by atoms with Crippen LogP contribution in [0.3, 0.4) is 0 Å². The van der Waals surface area contributed by atoms with E-state index in [9.17, 15) is 14.8 Å². The molecule has 1 heterocycles. The number of rotatable bonds is 6. The van der Waals surface area contributed by atoms with Crippen LogP contribution in [0, 0.1) is 22.6 Å². The molecule has 0 bridgehead atoms. The summed E-state index contributed by atoms with van der Waals surface area (Å²) in [6.07, 6.45) is 3.80. The van der Waals surface area contributed by atoms with Gasteiger partial charge in [0.25, 0.3) is 0 Å². The zero-order valence-electron chi connectivity index (χ0n) is 12.7. The number of aromatic nitrogens is 3. The predicted octanol–water partition coefficient (Wildman–Crippen LogP) is 2.33. The van der Waals surface area contributed by atoms with Crippen LogP contribution in [0.25, 0.3) is 0 Å². The number of aliphatic hydroxyl groups is 1. The van der Waals surface area contributed by atoms with Crippen LogP contribution in [0.5, 0.6) is 0 Å². The average molecular weight is 302 g/mol. The highest BCUT2D eigenvalue weighted by Crippen LogP contribution is 2.35. The van der Waals surface area contributed by atoms with E-state index in [0.717, 1.165) is 5.56 Å². The minimum absolute atomic E-state index is 0.175. The topological polar surface area (TPSA) is 74.7 Å². The molecule has 5 nitrogen and oxygen atoms in total. The van der Waals surface area contributed by atoms with Gasteiger partial charge in [0, 0.05) is 0 Å². The fourth-order valence-corrected chi connectivity index (χ4v) is 2.28. The van der Waals surface area contributed by atoms with E-state index in [1.54, 1.807) is 26.0 Å². The van der Waals surface area contributed by atoms with E-state index in [1.165, 1.54) is 29.5 Å². The first kappa shape index (κ1) is 16.1. The second kappa shape index (κ2) is 6.24. The van der Waals surface area contributed by atoms with E-state index in [-0.39, 0.29) is 12.4 Å². The van der Waals surface area contributed by atoms with E-state index < -0.39 is 11.0 Å². The summed E-state index contributed by atoms with van der Waals surface area (Å²) < 4.78 is 14.5. The van der Waals surface area contributed by atoms with Gasteiger partial charge in [-0.05, 0) is 44.4 Å². The molecule has 1 atom stereocenters. The third-order valence-corrected chi connectivity index (χ3v) is 4.07. The van der Waals surface area contributed by atoms with Crippen molar-refractivity contribution < 1.29 is 9.50 Å². The Bertz CT molecular complexity index is 646. The lowest BCUT2D eigenvalue weighted by atomic mass is 9.72. The van der Waals surface area contributed by atoms with Crippen molar-refractivity contribution in [2.75, 3.05) is 0 Å². The van der Waals surface area contributed by atoms with Crippen LogP contribution < -0.4 is 0 Å². The monoisotopic (exact) mass is 302 g/mol. The zero-order chi connectivity index (χ0) is 16.2. The number of hydrogen-bond acceptors (Lipinski definition) is 4. The lowest BCUT2D eigenvalue weighted by molar-refractivity contribution is -0.0620. The quantitative estimate of drug-likeness (QED) is 0.888. The highest BCUT2D eigenvalue weighted by atomic mass is 19.1. The van der Waals surface area contributed by atoms with Crippen molar-refractivity contribution in [1.29, 1.82) is 5.26 Å². The molecule has 0 amide bonds. The van der Waals surface area contributed by atoms with Crippen LogP contribution in [0.15, 0.2) is 36.9 Å². The Labute approximate surface area is 129 Å². The molecule has 0 saturated carbocycles. The summed E-state index contributed by atoms with van der Waals surface area (Å²) in [4.78, 5) is 3.86. The first-order valence-corrected chi connectivity index (χ1v) is 7.07. The molecule has 0 aliphatic heterocycles. The van der Waals surface area contributed by atoms with Crippen LogP contribution in [-0.2, 0) is 13.0 Å². The summed E-state index contributed by atoms with van der Waals surface area (Å²) in [5, 5.41) is 24.4. The Morgan fingerprint density at radius 1 is 1.32 bits per heavy atom. The van der Waals surface area contributed by atoms with E-state index in [0.29, 0.717) is 12.8 Å².